The van der Waals surface area contributed by atoms with Crippen molar-refractivity contribution >= 4 is 29.2 Å². The van der Waals surface area contributed by atoms with Crippen LogP contribution in [0.3, 0.4) is 0 Å². The van der Waals surface area contributed by atoms with Crippen LogP contribution in [-0.2, 0) is 0 Å². The average Bonchev–Trinajstić information content (AvgIpc) is 3.26. The van der Waals surface area contributed by atoms with Crippen LogP contribution in [0.25, 0.3) is 16.6 Å². The van der Waals surface area contributed by atoms with Gasteiger partial charge in [0.2, 0.25) is 0 Å². The van der Waals surface area contributed by atoms with Gasteiger partial charge in [0.15, 0.2) is 5.78 Å². The van der Waals surface area contributed by atoms with Crippen molar-refractivity contribution in [3.05, 3.63) is 70.7 Å². The monoisotopic (exact) mass is 395 g/mol. The van der Waals surface area contributed by atoms with Crippen molar-refractivity contribution in [1.29, 1.82) is 0 Å². The summed E-state index contributed by atoms with van der Waals surface area (Å²) in [5.41, 5.74) is 2.03. The van der Waals surface area contributed by atoms with Crippen molar-refractivity contribution in [2.24, 2.45) is 0 Å². The summed E-state index contributed by atoms with van der Waals surface area (Å²) in [7, 11) is 3.12. The second-order valence-electron chi connectivity index (χ2n) is 5.71. The second kappa shape index (κ2) is 8.49. The molecule has 6 nitrogen and oxygen atoms in total. The van der Waals surface area contributed by atoms with E-state index in [1.54, 1.807) is 32.6 Å². The first-order chi connectivity index (χ1) is 13.5. The fourth-order valence-corrected chi connectivity index (χ4v) is 3.27. The van der Waals surface area contributed by atoms with Gasteiger partial charge in [0.25, 0.3) is 0 Å². The van der Waals surface area contributed by atoms with Crippen LogP contribution in [0, 0.1) is 0 Å². The molecule has 0 saturated heterocycles. The summed E-state index contributed by atoms with van der Waals surface area (Å²) in [6, 6.07) is 9.39. The average molecular weight is 395 g/mol. The molecule has 0 fully saturated rings. The molecular weight excluding hydrogens is 378 g/mol. The standard InChI is InChI=1S/C21H17NO5S/c1-26-18-12-19(27-2)16(20-22-9-10-28-20)11-15(18)7-8-17(23)13-3-5-14(6-4-13)21(24)25/h3-12H,1-2H3,(H,24,25)/b8-7+. The third-order valence-electron chi connectivity index (χ3n) is 4.05. The predicted molar refractivity (Wildman–Crippen MR) is 107 cm³/mol. The van der Waals surface area contributed by atoms with E-state index in [1.165, 1.54) is 41.7 Å². The lowest BCUT2D eigenvalue weighted by Gasteiger charge is -2.12. The van der Waals surface area contributed by atoms with Crippen LogP contribution in [-0.4, -0.2) is 36.1 Å². The van der Waals surface area contributed by atoms with Gasteiger partial charge in [-0.1, -0.05) is 12.1 Å². The molecule has 0 radical (unpaired) electrons. The number of carboxylic acids is 1. The maximum absolute atomic E-state index is 12.4. The largest absolute Gasteiger partial charge is 0.496 e. The number of carboxylic acid groups (broad SMARTS) is 1. The number of carbonyl (C=O) groups is 2. The first-order valence-corrected chi connectivity index (χ1v) is 9.13. The van der Waals surface area contributed by atoms with Gasteiger partial charge >= 0.3 is 5.97 Å². The van der Waals surface area contributed by atoms with Gasteiger partial charge in [0.05, 0.1) is 25.3 Å². The zero-order chi connectivity index (χ0) is 20.1. The van der Waals surface area contributed by atoms with E-state index in [9.17, 15) is 9.59 Å². The molecule has 0 amide bonds. The van der Waals surface area contributed by atoms with Gasteiger partial charge in [0, 0.05) is 28.8 Å². The smallest absolute Gasteiger partial charge is 0.335 e. The Labute approximate surface area is 165 Å². The molecule has 142 valence electrons. The number of ketones is 1. The Hall–Kier alpha value is -3.45. The number of hydrogen-bond donors (Lipinski definition) is 1. The first kappa shape index (κ1) is 19.3. The Bertz CT molecular complexity index is 1020. The van der Waals surface area contributed by atoms with E-state index >= 15 is 0 Å². The van der Waals surface area contributed by atoms with Crippen molar-refractivity contribution in [2.45, 2.75) is 0 Å². The minimum atomic E-state index is -1.03. The highest BCUT2D eigenvalue weighted by molar-refractivity contribution is 7.13. The maximum Gasteiger partial charge on any atom is 0.335 e. The molecule has 0 aliphatic carbocycles. The minimum absolute atomic E-state index is 0.130. The van der Waals surface area contributed by atoms with Crippen LogP contribution in [0.15, 0.2) is 54.1 Å². The van der Waals surface area contributed by atoms with E-state index in [1.807, 2.05) is 11.4 Å². The van der Waals surface area contributed by atoms with E-state index in [-0.39, 0.29) is 11.3 Å². The van der Waals surface area contributed by atoms with Crippen molar-refractivity contribution < 1.29 is 24.2 Å². The van der Waals surface area contributed by atoms with Crippen molar-refractivity contribution in [1.82, 2.24) is 4.98 Å². The number of hydrogen-bond acceptors (Lipinski definition) is 6. The highest BCUT2D eigenvalue weighted by Crippen LogP contribution is 2.37. The number of methoxy groups -OCH3 is 2. The van der Waals surface area contributed by atoms with Gasteiger partial charge in [-0.25, -0.2) is 9.78 Å². The number of nitrogens with zero attached hydrogens (tertiary/aromatic N) is 1. The summed E-state index contributed by atoms with van der Waals surface area (Å²) >= 11 is 1.48. The number of allylic oxidation sites excluding steroid dienone is 1. The lowest BCUT2D eigenvalue weighted by Crippen LogP contribution is -1.99. The van der Waals surface area contributed by atoms with Crippen LogP contribution in [0.1, 0.15) is 26.3 Å². The third kappa shape index (κ3) is 4.10. The number of rotatable bonds is 7. The number of benzene rings is 2. The molecule has 3 rings (SSSR count). The van der Waals surface area contributed by atoms with Crippen LogP contribution < -0.4 is 9.47 Å². The lowest BCUT2D eigenvalue weighted by atomic mass is 10.0. The van der Waals surface area contributed by atoms with Crippen LogP contribution in [0.2, 0.25) is 0 Å². The fraction of sp³-hybridized carbons (Fsp3) is 0.0952. The lowest BCUT2D eigenvalue weighted by molar-refractivity contribution is 0.0696. The SMILES string of the molecule is COc1cc(OC)c(-c2nccs2)cc1/C=C/C(=O)c1ccc(C(=O)O)cc1. The van der Waals surface area contributed by atoms with E-state index in [2.05, 4.69) is 4.98 Å². The summed E-state index contributed by atoms with van der Waals surface area (Å²) < 4.78 is 10.9. The van der Waals surface area contributed by atoms with Gasteiger partial charge in [-0.15, -0.1) is 11.3 Å². The molecule has 0 atom stereocenters. The number of ether oxygens (including phenoxy) is 2. The molecule has 1 heterocycles. The Morgan fingerprint density at radius 3 is 2.29 bits per heavy atom. The molecule has 7 heteroatoms. The van der Waals surface area contributed by atoms with Crippen LogP contribution in [0.5, 0.6) is 11.5 Å². The fourth-order valence-electron chi connectivity index (χ4n) is 2.62. The molecule has 0 aliphatic rings. The molecule has 0 unspecified atom stereocenters. The molecule has 1 N–H and O–H groups in total. The predicted octanol–water partition coefficient (Wildman–Crippen LogP) is 4.42. The Morgan fingerprint density at radius 2 is 1.71 bits per heavy atom. The normalized spacial score (nSPS) is 10.8. The number of aromatic carboxylic acids is 1. The van der Waals surface area contributed by atoms with Gasteiger partial charge in [-0.05, 0) is 30.4 Å². The quantitative estimate of drug-likeness (QED) is 0.471. The molecule has 0 aliphatic heterocycles. The highest BCUT2D eigenvalue weighted by atomic mass is 32.1. The van der Waals surface area contributed by atoms with Crippen molar-refractivity contribution in [3.8, 4) is 22.1 Å². The van der Waals surface area contributed by atoms with Gasteiger partial charge in [-0.3, -0.25) is 4.79 Å². The molecule has 0 spiro atoms. The second-order valence-corrected chi connectivity index (χ2v) is 6.61. The minimum Gasteiger partial charge on any atom is -0.496 e. The Morgan fingerprint density at radius 1 is 1.04 bits per heavy atom. The van der Waals surface area contributed by atoms with Gasteiger partial charge in [0.1, 0.15) is 16.5 Å². The van der Waals surface area contributed by atoms with Crippen molar-refractivity contribution in [2.75, 3.05) is 14.2 Å². The summed E-state index contributed by atoms with van der Waals surface area (Å²) in [5, 5.41) is 11.6. The molecule has 1 aromatic heterocycles. The van der Waals surface area contributed by atoms with E-state index in [0.717, 1.165) is 10.6 Å². The molecule has 0 bridgehead atoms. The number of carbonyl (C=O) groups excluding carboxylic acids is 1. The number of aromatic nitrogens is 1. The van der Waals surface area contributed by atoms with E-state index in [0.29, 0.717) is 22.6 Å². The van der Waals surface area contributed by atoms with Gasteiger partial charge in [-0.2, -0.15) is 0 Å². The zero-order valence-corrected chi connectivity index (χ0v) is 16.0. The summed E-state index contributed by atoms with van der Waals surface area (Å²) in [5.74, 6) is -0.0974. The van der Waals surface area contributed by atoms with E-state index in [4.69, 9.17) is 14.6 Å². The molecule has 0 saturated carbocycles. The maximum atomic E-state index is 12.4. The Balaban J connectivity index is 1.93. The van der Waals surface area contributed by atoms with E-state index < -0.39 is 5.97 Å². The molecular formula is C21H17NO5S. The highest BCUT2D eigenvalue weighted by Gasteiger charge is 2.14. The molecule has 3 aromatic rings. The molecule has 28 heavy (non-hydrogen) atoms. The number of thiazole rings is 1. The summed E-state index contributed by atoms with van der Waals surface area (Å²) in [6.45, 7) is 0. The van der Waals surface area contributed by atoms with Gasteiger partial charge < -0.3 is 14.6 Å². The van der Waals surface area contributed by atoms with Crippen molar-refractivity contribution in [3.63, 3.8) is 0 Å². The summed E-state index contributed by atoms with van der Waals surface area (Å²) in [6.07, 6.45) is 4.79. The summed E-state index contributed by atoms with van der Waals surface area (Å²) in [4.78, 5) is 27.7. The zero-order valence-electron chi connectivity index (χ0n) is 15.2. The Kier molecular flexibility index (Phi) is 5.86. The molecule has 2 aromatic carbocycles. The van der Waals surface area contributed by atoms with Crippen LogP contribution >= 0.6 is 11.3 Å². The topological polar surface area (TPSA) is 85.7 Å². The van der Waals surface area contributed by atoms with Crippen LogP contribution in [0.4, 0.5) is 0 Å². The third-order valence-corrected chi connectivity index (χ3v) is 4.85. The first-order valence-electron chi connectivity index (χ1n) is 8.25.